The minimum atomic E-state index is -1.50. The van der Waals surface area contributed by atoms with Gasteiger partial charge in [0.25, 0.3) is 0 Å². The second-order valence-corrected chi connectivity index (χ2v) is 38.5. The molecule has 32 N–H and O–H groups in total. The van der Waals surface area contributed by atoms with Crippen LogP contribution in [0.2, 0.25) is 0 Å². The van der Waals surface area contributed by atoms with Gasteiger partial charge in [0.15, 0.2) is 23.5 Å². The standard InChI is InChI=1S/C62H90N16O14S2.C39H57N7O7/c1-34(2)26-43(64)53(83)75-48(28-37-12-18-41(80)19-13-37)57(87)71-45(9-7-24-68-62(65)66)54(84)70-35(3)52(82)74-47(27-36-10-16-40(79)17-11-36)59(89)78-51(32-93)60(90)72-44(8-5-6-23-63)55(85)76-49(29-38-14-20-42(81)21-15-38)58(88)73-46(22-25-94-4)56(86)77-50(61(91)92)30-39-31-67-33-69-39;1-23(2)17-31(40)34(49)21-28(19-26-8-12-29(47)13-9-26)38(53)45-32(7-6-16-43-39(41)42)35(50)18-25(5)37(52)46-33(36(51)22-44-24(3)4)20-27-10-14-30(48)15-11-27/h10-21,31,33-35,43-51,79-81,93H,5-9,22-30,32,63-64H2,1-4H3,(H,67,69)(H,70,84)(H,71,87)(H,72,90)(H,73,88)(H,74,82)(H,75,83)(H,76,85)(H,77,86)(H,78,89)(H,91,92)(H4,65,66,68);8-15,23,25,28,31-33,47-48H,6-7,16-22,40H2,1-5H3,(H,45,53)(H,46,52)(H4,41,42,43)/t35-,43-,44-,45-,46-,47-,48-,49-,50-,51-;25-,28-,31+,32+,33+/m01/s1. The first kappa shape index (κ1) is 123. The lowest BCUT2D eigenvalue weighted by Crippen LogP contribution is -2.61. The summed E-state index contributed by atoms with van der Waals surface area (Å²) in [6.45, 7) is 14.3. The Labute approximate surface area is 865 Å². The van der Waals surface area contributed by atoms with Crippen molar-refractivity contribution in [2.45, 2.75) is 250 Å². The van der Waals surface area contributed by atoms with Crippen molar-refractivity contribution < 1.29 is 103 Å². The largest absolute Gasteiger partial charge is 0.508 e. The van der Waals surface area contributed by atoms with Gasteiger partial charge in [0.05, 0.1) is 37.0 Å². The number of Topliss-reactive ketones (excluding diaryl/α,β-unsaturated/α-hetero) is 3. The van der Waals surface area contributed by atoms with Gasteiger partial charge in [-0.3, -0.25) is 82.1 Å². The number of thioether (sulfide) groups is 1. The highest BCUT2D eigenvalue weighted by Gasteiger charge is 2.38. The molecule has 5 aromatic carbocycles. The summed E-state index contributed by atoms with van der Waals surface area (Å²) in [5, 5.41) is 88.7. The quantitative estimate of drug-likeness (QED) is 0.0110. The second kappa shape index (κ2) is 64.6. The third-order valence-corrected chi connectivity index (χ3v) is 24.3. The lowest BCUT2D eigenvalue weighted by atomic mass is 9.88. The highest BCUT2D eigenvalue weighted by atomic mass is 32.2. The van der Waals surface area contributed by atoms with Gasteiger partial charge in [0.2, 0.25) is 65.0 Å². The topological polar surface area (TPSA) is 758 Å². The van der Waals surface area contributed by atoms with Crippen LogP contribution in [-0.2, 0) is 110 Å². The molecule has 0 aliphatic heterocycles. The molecule has 0 spiro atoms. The molecular weight excluding hydrogens is 1940 g/mol. The fourth-order valence-electron chi connectivity index (χ4n) is 15.1. The summed E-state index contributed by atoms with van der Waals surface area (Å²) in [6, 6.07) is 13.6. The lowest BCUT2D eigenvalue weighted by Gasteiger charge is -2.28. The van der Waals surface area contributed by atoms with Crippen molar-refractivity contribution >= 4 is 130 Å². The van der Waals surface area contributed by atoms with E-state index in [1.807, 2.05) is 27.7 Å². The van der Waals surface area contributed by atoms with E-state index in [1.54, 1.807) is 63.4 Å². The highest BCUT2D eigenvalue weighted by Crippen LogP contribution is 2.24. The third-order valence-electron chi connectivity index (χ3n) is 23.3. The number of aromatic nitrogens is 2. The van der Waals surface area contributed by atoms with Crippen LogP contribution < -0.4 is 98.6 Å². The molecule has 0 fully saturated rings. The molecule has 11 amide bonds. The molecule has 804 valence electrons. The van der Waals surface area contributed by atoms with Crippen molar-refractivity contribution in [2.24, 2.45) is 78.8 Å². The number of thiol groups is 1. The fourth-order valence-corrected chi connectivity index (χ4v) is 15.8. The van der Waals surface area contributed by atoms with Crippen LogP contribution in [0.4, 0.5) is 0 Å². The van der Waals surface area contributed by atoms with Crippen LogP contribution >= 0.6 is 24.4 Å². The first-order chi connectivity index (χ1) is 69.6. The van der Waals surface area contributed by atoms with Crippen molar-refractivity contribution in [1.29, 1.82) is 0 Å². The number of carboxylic acid groups (broad SMARTS) is 1. The molecule has 0 unspecified atom stereocenters. The number of hydrogen-bond donors (Lipinski definition) is 26. The minimum Gasteiger partial charge on any atom is -0.508 e. The number of carboxylic acids is 1. The molecule has 0 saturated heterocycles. The SMILES string of the molecule is CC(C)=NCC(=O)[C@H](Cc1ccc(O)cc1)NC(=O)[C@H](C)CC(=O)[C@H](CCCN=C(N)N)NC(=O)[C@@H](CC(=O)[C@@H](N)CC(C)C)Cc1ccc(O)cc1.CSCC[C@H](NC(=O)[C@H](Cc1ccc(O)cc1)NC(=O)[C@H](CCCCN)NC(=O)[C@H](CS)NC(=O)[C@H](Cc1ccc(O)cc1)NC(=O)[C@H](C)NC(=O)[C@H](CCCN=C(N)N)NC(=O)[C@H](Cc1ccc(O)cc1)NC(=O)[C@@H](N)CC(C)C)C(=O)N[C@@H](Cc1cnc[nH]1)C(=O)O. The van der Waals surface area contributed by atoms with Crippen molar-refractivity contribution in [3.8, 4) is 28.7 Å². The average molecular weight is 2080 g/mol. The van der Waals surface area contributed by atoms with Crippen LogP contribution in [0.15, 0.2) is 149 Å². The number of H-pyrrole nitrogens is 1. The number of unbranched alkanes of at least 4 members (excludes halogenated alkanes) is 1. The van der Waals surface area contributed by atoms with Gasteiger partial charge in [-0.2, -0.15) is 24.4 Å². The molecule has 1 heterocycles. The van der Waals surface area contributed by atoms with Crippen LogP contribution in [0.1, 0.15) is 166 Å². The number of phenolic OH excluding ortho intramolecular Hbond substituents is 5. The first-order valence-corrected chi connectivity index (χ1v) is 50.6. The molecule has 0 aliphatic carbocycles. The smallest absolute Gasteiger partial charge is 0.326 e. The number of benzene rings is 5. The van der Waals surface area contributed by atoms with Gasteiger partial charge in [-0.25, -0.2) is 9.78 Å². The van der Waals surface area contributed by atoms with Crippen molar-refractivity contribution in [1.82, 2.24) is 68.5 Å². The van der Waals surface area contributed by atoms with E-state index in [2.05, 4.69) is 96.1 Å². The van der Waals surface area contributed by atoms with E-state index in [-0.39, 0.29) is 186 Å². The number of aliphatic carboxylic acids is 1. The Kier molecular flexibility index (Phi) is 54.1. The van der Waals surface area contributed by atoms with E-state index in [0.717, 1.165) is 0 Å². The van der Waals surface area contributed by atoms with E-state index in [1.165, 1.54) is 116 Å². The predicted octanol–water partition coefficient (Wildman–Crippen LogP) is 1.00. The Morgan fingerprint density at radius 1 is 0.388 bits per heavy atom. The summed E-state index contributed by atoms with van der Waals surface area (Å²) in [6.07, 6.45) is 5.74. The Bertz CT molecular complexity index is 5340. The normalized spacial score (nSPS) is 14.1. The Hall–Kier alpha value is -14.3. The molecule has 0 bridgehead atoms. The second-order valence-electron chi connectivity index (χ2n) is 37.1. The van der Waals surface area contributed by atoms with E-state index in [0.29, 0.717) is 70.7 Å². The Morgan fingerprint density at radius 3 is 1.16 bits per heavy atom. The lowest BCUT2D eigenvalue weighted by molar-refractivity contribution is -0.142. The number of nitrogens with one attached hydrogen (secondary N) is 12. The number of carbonyl (C=O) groups is 15. The van der Waals surface area contributed by atoms with Crippen molar-refractivity contribution in [3.05, 3.63) is 167 Å². The summed E-state index contributed by atoms with van der Waals surface area (Å²) in [4.78, 5) is 226. The fraction of sp³-hybridized carbons (Fsp3) is 0.495. The molecule has 0 saturated carbocycles. The number of aromatic amines is 1. The number of amides is 11. The van der Waals surface area contributed by atoms with Gasteiger partial charge in [0.1, 0.15) is 88.9 Å². The van der Waals surface area contributed by atoms with Crippen LogP contribution in [0.3, 0.4) is 0 Å². The number of nitrogens with zero attached hydrogens (tertiary/aromatic N) is 4. The van der Waals surface area contributed by atoms with E-state index >= 15 is 0 Å². The van der Waals surface area contributed by atoms with Gasteiger partial charge < -0.3 is 134 Å². The van der Waals surface area contributed by atoms with Gasteiger partial charge in [-0.05, 0) is 217 Å². The molecular formula is C101H147N23O21S2. The first-order valence-electron chi connectivity index (χ1n) is 48.6. The van der Waals surface area contributed by atoms with Gasteiger partial charge in [-0.15, -0.1) is 0 Å². The van der Waals surface area contributed by atoms with Crippen LogP contribution in [0.5, 0.6) is 28.7 Å². The molecule has 44 nitrogen and oxygen atoms in total. The molecule has 0 radical (unpaired) electrons. The zero-order valence-corrected chi connectivity index (χ0v) is 86.2. The number of carbonyl (C=O) groups excluding carboxylic acids is 14. The van der Waals surface area contributed by atoms with Crippen LogP contribution in [-0.4, -0.2) is 269 Å². The van der Waals surface area contributed by atoms with Crippen LogP contribution in [0, 0.1) is 23.7 Å². The molecule has 46 heteroatoms. The Morgan fingerprint density at radius 2 is 0.748 bits per heavy atom. The summed E-state index contributed by atoms with van der Waals surface area (Å²) >= 11 is 5.72. The molecule has 1 aromatic heterocycles. The summed E-state index contributed by atoms with van der Waals surface area (Å²) in [5.41, 5.74) is 44.1. The number of guanidine groups is 2. The Balaban J connectivity index is 0.000000605. The summed E-state index contributed by atoms with van der Waals surface area (Å²) in [5.74, 6) is -13.1. The molecule has 15 atom stereocenters. The maximum absolute atomic E-state index is 14.5. The molecule has 0 aliphatic rings. The highest BCUT2D eigenvalue weighted by molar-refractivity contribution is 7.98. The number of aromatic hydroxyl groups is 5. The number of nitrogens with two attached hydrogens (primary N) is 7. The van der Waals surface area contributed by atoms with E-state index in [4.69, 9.17) is 40.1 Å². The maximum atomic E-state index is 14.5. The van der Waals surface area contributed by atoms with Crippen molar-refractivity contribution in [2.75, 3.05) is 43.9 Å². The van der Waals surface area contributed by atoms with Gasteiger partial charge >= 0.3 is 5.97 Å². The number of hydrogen-bond acceptors (Lipinski definition) is 29. The van der Waals surface area contributed by atoms with E-state index < -0.39 is 167 Å². The van der Waals surface area contributed by atoms with E-state index in [9.17, 15) is 103 Å². The minimum absolute atomic E-state index is 0.0325. The number of aliphatic imine (C=N–C) groups is 3. The monoisotopic (exact) mass is 2080 g/mol. The zero-order chi connectivity index (χ0) is 109. The summed E-state index contributed by atoms with van der Waals surface area (Å²) < 4.78 is 0. The van der Waals surface area contributed by atoms with Crippen LogP contribution in [0.25, 0.3) is 0 Å². The maximum Gasteiger partial charge on any atom is 0.326 e. The number of rotatable bonds is 64. The number of ketones is 3. The zero-order valence-electron chi connectivity index (χ0n) is 84.5. The number of imidazole rings is 1. The predicted molar refractivity (Wildman–Crippen MR) is 561 cm³/mol. The average Bonchev–Trinajstić information content (AvgIpc) is 1.76. The van der Waals surface area contributed by atoms with Gasteiger partial charge in [-0.1, -0.05) is 95.3 Å². The molecule has 147 heavy (non-hydrogen) atoms. The number of phenols is 5. The molecule has 6 aromatic rings. The summed E-state index contributed by atoms with van der Waals surface area (Å²) in [7, 11) is 0. The molecule has 6 rings (SSSR count). The van der Waals surface area contributed by atoms with Gasteiger partial charge in [0, 0.05) is 86.8 Å². The third kappa shape index (κ3) is 47.2. The van der Waals surface area contributed by atoms with Crippen molar-refractivity contribution in [3.63, 3.8) is 0 Å².